The molecule has 1 aromatic carbocycles. The number of carbonyl (C=O) groups excluding carboxylic acids is 1. The quantitative estimate of drug-likeness (QED) is 0.462. The second-order valence-corrected chi connectivity index (χ2v) is 7.34. The molecule has 11 heteroatoms. The van der Waals surface area contributed by atoms with Crippen LogP contribution in [0.3, 0.4) is 0 Å². The van der Waals surface area contributed by atoms with E-state index in [0.717, 1.165) is 17.3 Å². The summed E-state index contributed by atoms with van der Waals surface area (Å²) < 4.78 is 6.54. The summed E-state index contributed by atoms with van der Waals surface area (Å²) in [6.07, 6.45) is 1.54. The molecule has 136 valence electrons. The zero-order valence-electron chi connectivity index (χ0n) is 13.3. The van der Waals surface area contributed by atoms with Crippen LogP contribution in [0.2, 0.25) is 15.1 Å². The molecule has 0 unspecified atom stereocenters. The van der Waals surface area contributed by atoms with E-state index in [2.05, 4.69) is 15.5 Å². The lowest BCUT2D eigenvalue weighted by Crippen LogP contribution is -2.17. The number of hydrogen-bond donors (Lipinski definition) is 2. The van der Waals surface area contributed by atoms with E-state index >= 15 is 0 Å². The van der Waals surface area contributed by atoms with Crippen molar-refractivity contribution >= 4 is 58.2 Å². The molecule has 0 radical (unpaired) electrons. The molecular weight excluding hydrogens is 421 g/mol. The third-order valence-corrected chi connectivity index (χ3v) is 5.13. The fourth-order valence-electron chi connectivity index (χ4n) is 2.14. The van der Waals surface area contributed by atoms with Gasteiger partial charge < -0.3 is 15.6 Å². The molecule has 7 nitrogen and oxygen atoms in total. The van der Waals surface area contributed by atoms with Gasteiger partial charge in [0, 0.05) is 5.02 Å². The van der Waals surface area contributed by atoms with E-state index in [9.17, 15) is 4.79 Å². The van der Waals surface area contributed by atoms with E-state index < -0.39 is 0 Å². The lowest BCUT2D eigenvalue weighted by molar-refractivity contribution is -0.113. The maximum atomic E-state index is 12.2. The van der Waals surface area contributed by atoms with Crippen molar-refractivity contribution in [3.05, 3.63) is 45.3 Å². The third kappa shape index (κ3) is 3.93. The molecule has 0 aliphatic rings. The molecule has 3 N–H and O–H groups in total. The second-order valence-electron chi connectivity index (χ2n) is 5.15. The molecular formula is C15H12Cl3N5O2S. The molecule has 0 atom stereocenters. The van der Waals surface area contributed by atoms with E-state index in [0.29, 0.717) is 27.5 Å². The summed E-state index contributed by atoms with van der Waals surface area (Å²) >= 11 is 19.1. The third-order valence-electron chi connectivity index (χ3n) is 3.37. The van der Waals surface area contributed by atoms with Crippen molar-refractivity contribution in [1.29, 1.82) is 0 Å². The lowest BCUT2D eigenvalue weighted by atomic mass is 10.2. The van der Waals surface area contributed by atoms with E-state index in [1.54, 1.807) is 19.3 Å². The summed E-state index contributed by atoms with van der Waals surface area (Å²) in [5.41, 5.74) is 1.03. The molecule has 0 saturated carbocycles. The van der Waals surface area contributed by atoms with Crippen LogP contribution < -0.4 is 11.2 Å². The highest BCUT2D eigenvalue weighted by molar-refractivity contribution is 7.99. The molecule has 1 amide bonds. The van der Waals surface area contributed by atoms with Crippen LogP contribution in [0.25, 0.3) is 11.4 Å². The minimum absolute atomic E-state index is 0.0367. The van der Waals surface area contributed by atoms with Gasteiger partial charge in [-0.15, -0.1) is 10.2 Å². The molecule has 0 saturated heterocycles. The second kappa shape index (κ2) is 7.79. The number of furan rings is 1. The van der Waals surface area contributed by atoms with Crippen LogP contribution in [0.5, 0.6) is 0 Å². The molecule has 0 aliphatic carbocycles. The van der Waals surface area contributed by atoms with Gasteiger partial charge in [0.05, 0.1) is 33.3 Å². The number of thioether (sulfide) groups is 1. The number of aromatic nitrogens is 3. The Labute approximate surface area is 167 Å². The summed E-state index contributed by atoms with van der Waals surface area (Å²) in [4.78, 5) is 12.2. The smallest absolute Gasteiger partial charge is 0.234 e. The Kier molecular flexibility index (Phi) is 5.67. The van der Waals surface area contributed by atoms with Crippen LogP contribution in [-0.2, 0) is 4.79 Å². The summed E-state index contributed by atoms with van der Waals surface area (Å²) in [5.74, 6) is 6.83. The summed E-state index contributed by atoms with van der Waals surface area (Å²) in [7, 11) is 0. The van der Waals surface area contributed by atoms with Gasteiger partial charge in [-0.25, -0.2) is 4.68 Å². The van der Waals surface area contributed by atoms with Crippen LogP contribution in [0.4, 0.5) is 5.69 Å². The topological polar surface area (TPSA) is 99.0 Å². The van der Waals surface area contributed by atoms with Gasteiger partial charge in [-0.05, 0) is 25.1 Å². The number of benzene rings is 1. The molecule has 0 fully saturated rings. The molecule has 3 rings (SSSR count). The number of aryl methyl sites for hydroxylation is 1. The Bertz CT molecular complexity index is 949. The highest BCUT2D eigenvalue weighted by atomic mass is 35.5. The molecule has 3 aromatic rings. The van der Waals surface area contributed by atoms with Gasteiger partial charge in [0.2, 0.25) is 11.1 Å². The molecule has 0 aliphatic heterocycles. The Balaban J connectivity index is 1.68. The van der Waals surface area contributed by atoms with Gasteiger partial charge in [-0.3, -0.25) is 4.79 Å². The Morgan fingerprint density at radius 1 is 1.31 bits per heavy atom. The van der Waals surface area contributed by atoms with Gasteiger partial charge in [0.15, 0.2) is 5.82 Å². The average Bonchev–Trinajstić information content (AvgIpc) is 3.14. The first-order valence-electron chi connectivity index (χ1n) is 7.19. The maximum Gasteiger partial charge on any atom is 0.234 e. The van der Waals surface area contributed by atoms with Crippen molar-refractivity contribution in [1.82, 2.24) is 14.9 Å². The van der Waals surface area contributed by atoms with E-state index in [-0.39, 0.29) is 21.7 Å². The number of carbonyl (C=O) groups is 1. The number of nitrogens with two attached hydrogens (primary N) is 1. The number of anilines is 1. The van der Waals surface area contributed by atoms with Crippen molar-refractivity contribution in [3.8, 4) is 11.4 Å². The minimum atomic E-state index is -0.329. The van der Waals surface area contributed by atoms with Crippen LogP contribution in [0.15, 0.2) is 34.0 Å². The lowest BCUT2D eigenvalue weighted by Gasteiger charge is -2.09. The number of hydrogen-bond acceptors (Lipinski definition) is 6. The van der Waals surface area contributed by atoms with Gasteiger partial charge in [-0.1, -0.05) is 46.6 Å². The van der Waals surface area contributed by atoms with E-state index in [1.165, 1.54) is 16.8 Å². The van der Waals surface area contributed by atoms with Crippen molar-refractivity contribution in [3.63, 3.8) is 0 Å². The first-order chi connectivity index (χ1) is 12.4. The van der Waals surface area contributed by atoms with Crippen LogP contribution in [0.1, 0.15) is 5.76 Å². The zero-order valence-corrected chi connectivity index (χ0v) is 16.4. The molecule has 0 spiro atoms. The molecule has 0 bridgehead atoms. The average molecular weight is 433 g/mol. The van der Waals surface area contributed by atoms with E-state index in [1.807, 2.05) is 0 Å². The Morgan fingerprint density at radius 2 is 2.00 bits per heavy atom. The molecule has 26 heavy (non-hydrogen) atoms. The van der Waals surface area contributed by atoms with Crippen LogP contribution in [0, 0.1) is 6.92 Å². The number of halogens is 3. The zero-order chi connectivity index (χ0) is 18.8. The SMILES string of the molecule is Cc1occc1-c1nnc(SCC(=O)Nc2c(Cl)cc(Cl)cc2Cl)n1N. The first kappa shape index (κ1) is 18.9. The number of rotatable bonds is 5. The summed E-state index contributed by atoms with van der Waals surface area (Å²) in [6.45, 7) is 1.80. The van der Waals surface area contributed by atoms with Crippen molar-refractivity contribution in [2.24, 2.45) is 0 Å². The fourth-order valence-corrected chi connectivity index (χ4v) is 3.71. The van der Waals surface area contributed by atoms with E-state index in [4.69, 9.17) is 45.1 Å². The Morgan fingerprint density at radius 3 is 2.62 bits per heavy atom. The Hall–Kier alpha value is -1.87. The fraction of sp³-hybridized carbons (Fsp3) is 0.133. The first-order valence-corrected chi connectivity index (χ1v) is 9.31. The van der Waals surface area contributed by atoms with Gasteiger partial charge in [0.25, 0.3) is 0 Å². The van der Waals surface area contributed by atoms with Gasteiger partial charge in [0.1, 0.15) is 5.76 Å². The number of nitrogens with zero attached hydrogens (tertiary/aromatic N) is 3. The highest BCUT2D eigenvalue weighted by Crippen LogP contribution is 2.34. The van der Waals surface area contributed by atoms with Crippen LogP contribution in [-0.4, -0.2) is 26.5 Å². The van der Waals surface area contributed by atoms with Gasteiger partial charge in [-0.2, -0.15) is 0 Å². The number of nitrogen functional groups attached to an aromatic ring is 1. The standard InChI is InChI=1S/C15H12Cl3N5O2S/c1-7-9(2-3-25-7)14-21-22-15(23(14)19)26-6-12(24)20-13-10(17)4-8(16)5-11(13)18/h2-5H,6,19H2,1H3,(H,20,24). The predicted octanol–water partition coefficient (Wildman–Crippen LogP) is 4.25. The van der Waals surface area contributed by atoms with Gasteiger partial charge >= 0.3 is 0 Å². The minimum Gasteiger partial charge on any atom is -0.469 e. The van der Waals surface area contributed by atoms with Crippen LogP contribution >= 0.6 is 46.6 Å². The molecule has 2 aromatic heterocycles. The monoisotopic (exact) mass is 431 g/mol. The number of amides is 1. The maximum absolute atomic E-state index is 12.2. The summed E-state index contributed by atoms with van der Waals surface area (Å²) in [6, 6.07) is 4.73. The normalized spacial score (nSPS) is 10.9. The largest absolute Gasteiger partial charge is 0.469 e. The predicted molar refractivity (Wildman–Crippen MR) is 103 cm³/mol. The highest BCUT2D eigenvalue weighted by Gasteiger charge is 2.17. The molecule has 2 heterocycles. The summed E-state index contributed by atoms with van der Waals surface area (Å²) in [5, 5.41) is 11.9. The van der Waals surface area contributed by atoms with Crippen molar-refractivity contribution in [2.45, 2.75) is 12.1 Å². The number of nitrogens with one attached hydrogen (secondary N) is 1. The van der Waals surface area contributed by atoms with Crippen molar-refractivity contribution < 1.29 is 9.21 Å². The van der Waals surface area contributed by atoms with Crippen molar-refractivity contribution in [2.75, 3.05) is 16.9 Å².